The van der Waals surface area contributed by atoms with Crippen LogP contribution >= 0.6 is 0 Å². The van der Waals surface area contributed by atoms with Gasteiger partial charge in [0, 0.05) is 0 Å². The lowest BCUT2D eigenvalue weighted by atomic mass is 9.44. The molecule has 1 N–H and O–H groups in total. The van der Waals surface area contributed by atoms with Crippen molar-refractivity contribution in [3.8, 4) is 0 Å². The number of hydrogen-bond donors (Lipinski definition) is 1. The van der Waals surface area contributed by atoms with Crippen LogP contribution in [-0.2, 0) is 9.53 Å². The van der Waals surface area contributed by atoms with E-state index < -0.39 is 5.60 Å². The highest BCUT2D eigenvalue weighted by Crippen LogP contribution is 2.71. The highest BCUT2D eigenvalue weighted by atomic mass is 16.5. The first-order valence-electron chi connectivity index (χ1n) is 9.40. The molecule has 4 aliphatic rings. The molecule has 4 aliphatic carbocycles. The van der Waals surface area contributed by atoms with Gasteiger partial charge in [0.2, 0.25) is 0 Å². The second-order valence-corrected chi connectivity index (χ2v) is 9.36. The molecule has 0 aromatic heterocycles. The minimum Gasteiger partial charge on any atom is -0.469 e. The van der Waals surface area contributed by atoms with Gasteiger partial charge in [0.1, 0.15) is 0 Å². The fraction of sp³-hybridized carbons (Fsp3) is 0.762. The fourth-order valence-corrected chi connectivity index (χ4v) is 7.10. The summed E-state index contributed by atoms with van der Waals surface area (Å²) in [6.45, 7) is 8.68. The zero-order valence-electron chi connectivity index (χ0n) is 15.3. The number of aliphatic hydroxyl groups is 1. The molecule has 2 bridgehead atoms. The quantitative estimate of drug-likeness (QED) is 0.580. The first-order valence-corrected chi connectivity index (χ1v) is 9.40. The van der Waals surface area contributed by atoms with Crippen LogP contribution < -0.4 is 0 Å². The van der Waals surface area contributed by atoms with Crippen molar-refractivity contribution in [1.29, 1.82) is 0 Å². The minimum atomic E-state index is -0.687. The van der Waals surface area contributed by atoms with Crippen LogP contribution in [0.2, 0.25) is 0 Å². The maximum absolute atomic E-state index is 12.6. The Morgan fingerprint density at radius 2 is 2.08 bits per heavy atom. The number of fused-ring (bicyclic) bond motifs is 3. The maximum atomic E-state index is 12.6. The lowest BCUT2D eigenvalue weighted by molar-refractivity contribution is -0.165. The summed E-state index contributed by atoms with van der Waals surface area (Å²) in [5.74, 6) is 0.293. The lowest BCUT2D eigenvalue weighted by Gasteiger charge is -2.60. The van der Waals surface area contributed by atoms with Gasteiger partial charge < -0.3 is 9.84 Å². The van der Waals surface area contributed by atoms with Crippen molar-refractivity contribution in [2.45, 2.75) is 70.8 Å². The van der Waals surface area contributed by atoms with Crippen molar-refractivity contribution in [2.24, 2.45) is 22.2 Å². The summed E-state index contributed by atoms with van der Waals surface area (Å²) < 4.78 is 5.20. The SMILES string of the molecule is C=C1C[C@@]23CC[C@@H]4[C@](C)(C(=O)OC)CCC[C@@]4(C)C2=CC[C@]1(O)C3. The lowest BCUT2D eigenvalue weighted by Crippen LogP contribution is -2.55. The summed E-state index contributed by atoms with van der Waals surface area (Å²) in [5, 5.41) is 10.9. The number of methoxy groups -OCH3 is 1. The molecular weight excluding hydrogens is 300 g/mol. The van der Waals surface area contributed by atoms with Gasteiger partial charge in [-0.05, 0) is 74.2 Å². The molecule has 24 heavy (non-hydrogen) atoms. The normalized spacial score (nSPS) is 49.9. The van der Waals surface area contributed by atoms with Gasteiger partial charge in [-0.25, -0.2) is 0 Å². The molecule has 132 valence electrons. The van der Waals surface area contributed by atoms with Crippen molar-refractivity contribution in [3.05, 3.63) is 23.8 Å². The predicted molar refractivity (Wildman–Crippen MR) is 93.3 cm³/mol. The Morgan fingerprint density at radius 1 is 1.33 bits per heavy atom. The second-order valence-electron chi connectivity index (χ2n) is 9.36. The third-order valence-electron chi connectivity index (χ3n) is 8.16. The summed E-state index contributed by atoms with van der Waals surface area (Å²) in [6, 6.07) is 0. The summed E-state index contributed by atoms with van der Waals surface area (Å²) in [5.41, 5.74) is 1.60. The topological polar surface area (TPSA) is 46.5 Å². The van der Waals surface area contributed by atoms with E-state index in [1.165, 1.54) is 12.7 Å². The Morgan fingerprint density at radius 3 is 2.79 bits per heavy atom. The van der Waals surface area contributed by atoms with E-state index in [9.17, 15) is 9.90 Å². The van der Waals surface area contributed by atoms with Crippen LogP contribution in [0.4, 0.5) is 0 Å². The summed E-state index contributed by atoms with van der Waals surface area (Å²) in [7, 11) is 1.52. The molecule has 0 heterocycles. The third-order valence-corrected chi connectivity index (χ3v) is 8.16. The van der Waals surface area contributed by atoms with Gasteiger partial charge in [-0.3, -0.25) is 4.79 Å². The molecule has 0 aromatic carbocycles. The molecule has 0 saturated heterocycles. The van der Waals surface area contributed by atoms with E-state index in [2.05, 4.69) is 26.5 Å². The molecule has 3 heteroatoms. The molecule has 0 aliphatic heterocycles. The molecule has 5 atom stereocenters. The van der Waals surface area contributed by atoms with Crippen LogP contribution in [0.15, 0.2) is 23.8 Å². The van der Waals surface area contributed by atoms with E-state index in [-0.39, 0.29) is 22.2 Å². The molecule has 0 aromatic rings. The first-order chi connectivity index (χ1) is 11.2. The van der Waals surface area contributed by atoms with Crippen LogP contribution in [0.1, 0.15) is 65.2 Å². The van der Waals surface area contributed by atoms with E-state index in [0.29, 0.717) is 12.3 Å². The van der Waals surface area contributed by atoms with Gasteiger partial charge in [0.05, 0.1) is 18.1 Å². The standard InChI is InChI=1S/C21H30O3/c1-14-12-20-10-6-15-18(2,16(20)7-11-21(14,23)13-20)8-5-9-19(15,3)17(22)24-4/h7,15,23H,1,5-6,8-13H2,2-4H3/t15-,18+,19+,20+,21-/m0/s1. The number of allylic oxidation sites excluding steroid dienone is 1. The molecule has 3 nitrogen and oxygen atoms in total. The van der Waals surface area contributed by atoms with Crippen LogP contribution in [0.5, 0.6) is 0 Å². The summed E-state index contributed by atoms with van der Waals surface area (Å²) >= 11 is 0. The van der Waals surface area contributed by atoms with Gasteiger partial charge in [-0.1, -0.05) is 31.6 Å². The summed E-state index contributed by atoms with van der Waals surface area (Å²) in [6.07, 6.45) is 10.0. The van der Waals surface area contributed by atoms with Gasteiger partial charge in [0.15, 0.2) is 0 Å². The second kappa shape index (κ2) is 4.75. The minimum absolute atomic E-state index is 0.0434. The Kier molecular flexibility index (Phi) is 3.24. The van der Waals surface area contributed by atoms with Crippen molar-refractivity contribution >= 4 is 5.97 Å². The van der Waals surface area contributed by atoms with Crippen molar-refractivity contribution in [2.75, 3.05) is 7.11 Å². The predicted octanol–water partition coefficient (Wildman–Crippen LogP) is 4.16. The number of carbonyl (C=O) groups excluding carboxylic acids is 1. The Bertz CT molecular complexity index is 649. The fourth-order valence-electron chi connectivity index (χ4n) is 7.10. The van der Waals surface area contributed by atoms with Gasteiger partial charge in [-0.15, -0.1) is 0 Å². The smallest absolute Gasteiger partial charge is 0.311 e. The number of esters is 1. The Hall–Kier alpha value is -1.09. The van der Waals surface area contributed by atoms with Gasteiger partial charge in [-0.2, -0.15) is 0 Å². The van der Waals surface area contributed by atoms with Crippen molar-refractivity contribution in [3.63, 3.8) is 0 Å². The molecule has 1 spiro atoms. The number of rotatable bonds is 1. The van der Waals surface area contributed by atoms with E-state index in [0.717, 1.165) is 50.5 Å². The molecule has 4 rings (SSSR count). The average molecular weight is 330 g/mol. The highest BCUT2D eigenvalue weighted by molar-refractivity contribution is 5.77. The Balaban J connectivity index is 1.79. The zero-order valence-corrected chi connectivity index (χ0v) is 15.3. The molecule has 0 amide bonds. The van der Waals surface area contributed by atoms with E-state index in [1.807, 2.05) is 0 Å². The zero-order chi connectivity index (χ0) is 17.4. The maximum Gasteiger partial charge on any atom is 0.311 e. The third kappa shape index (κ3) is 1.80. The highest BCUT2D eigenvalue weighted by Gasteiger charge is 2.64. The average Bonchev–Trinajstić information content (AvgIpc) is 2.70. The van der Waals surface area contributed by atoms with E-state index in [4.69, 9.17) is 4.74 Å². The molecule has 3 saturated carbocycles. The summed E-state index contributed by atoms with van der Waals surface area (Å²) in [4.78, 5) is 12.6. The van der Waals surface area contributed by atoms with E-state index >= 15 is 0 Å². The van der Waals surface area contributed by atoms with Crippen LogP contribution in [-0.4, -0.2) is 23.8 Å². The first kappa shape index (κ1) is 16.4. The van der Waals surface area contributed by atoms with Crippen LogP contribution in [0.25, 0.3) is 0 Å². The molecule has 0 unspecified atom stereocenters. The molecule has 0 radical (unpaired) electrons. The number of ether oxygens (including phenoxy) is 1. The Labute approximate surface area is 145 Å². The van der Waals surface area contributed by atoms with Crippen LogP contribution in [0, 0.1) is 22.2 Å². The number of hydrogen-bond acceptors (Lipinski definition) is 3. The van der Waals surface area contributed by atoms with Crippen molar-refractivity contribution < 1.29 is 14.6 Å². The van der Waals surface area contributed by atoms with Gasteiger partial charge >= 0.3 is 5.97 Å². The molecular formula is C21H30O3. The van der Waals surface area contributed by atoms with Crippen LogP contribution in [0.3, 0.4) is 0 Å². The van der Waals surface area contributed by atoms with Crippen molar-refractivity contribution in [1.82, 2.24) is 0 Å². The monoisotopic (exact) mass is 330 g/mol. The van der Waals surface area contributed by atoms with Gasteiger partial charge in [0.25, 0.3) is 0 Å². The number of carbonyl (C=O) groups is 1. The van der Waals surface area contributed by atoms with E-state index in [1.54, 1.807) is 0 Å². The largest absolute Gasteiger partial charge is 0.469 e. The molecule has 3 fully saturated rings.